The topological polar surface area (TPSA) is 46.2 Å². The van der Waals surface area contributed by atoms with Crippen LogP contribution in [0, 0.1) is 0 Å². The summed E-state index contributed by atoms with van der Waals surface area (Å²) in [5.41, 5.74) is 6.98. The molecule has 0 aliphatic carbocycles. The molecule has 2 nitrogen and oxygen atoms in total. The highest BCUT2D eigenvalue weighted by atomic mass is 16.3. The van der Waals surface area contributed by atoms with E-state index in [9.17, 15) is 0 Å². The third-order valence-electron chi connectivity index (χ3n) is 1.13. The molecule has 0 atom stereocenters. The van der Waals surface area contributed by atoms with E-state index in [-0.39, 0.29) is 6.61 Å². The van der Waals surface area contributed by atoms with Crippen LogP contribution in [0.2, 0.25) is 0 Å². The maximum atomic E-state index is 8.61. The van der Waals surface area contributed by atoms with Crippen molar-refractivity contribution in [1.82, 2.24) is 0 Å². The minimum absolute atomic E-state index is 0.0606. The largest absolute Gasteiger partial charge is 0.399 e. The Hall–Kier alpha value is -1.02. The summed E-state index contributed by atoms with van der Waals surface area (Å²) in [4.78, 5) is 0. The van der Waals surface area contributed by atoms with E-state index in [1.54, 1.807) is 12.1 Å². The number of rotatable bonds is 1. The summed E-state index contributed by atoms with van der Waals surface area (Å²) in [6.07, 6.45) is 0. The van der Waals surface area contributed by atoms with E-state index in [1.165, 1.54) is 0 Å². The van der Waals surface area contributed by atoms with Crippen molar-refractivity contribution in [1.29, 1.82) is 0 Å². The van der Waals surface area contributed by atoms with Crippen LogP contribution in [0.15, 0.2) is 24.3 Å². The van der Waals surface area contributed by atoms with Gasteiger partial charge in [-0.05, 0) is 17.7 Å². The van der Waals surface area contributed by atoms with E-state index < -0.39 is 0 Å². The fourth-order valence-corrected chi connectivity index (χ4v) is 0.691. The highest BCUT2D eigenvalue weighted by Crippen LogP contribution is 2.04. The van der Waals surface area contributed by atoms with Crippen molar-refractivity contribution in [2.75, 3.05) is 5.73 Å². The molecule has 0 heterocycles. The average Bonchev–Trinajstić information content (AvgIpc) is 2.08. The highest BCUT2D eigenvalue weighted by Gasteiger charge is 1.87. The van der Waals surface area contributed by atoms with Gasteiger partial charge in [0.05, 0.1) is 6.61 Å². The molecule has 0 aliphatic heterocycles. The molecule has 1 rings (SSSR count). The fraction of sp³-hybridized carbons (Fsp3) is 0.333. The van der Waals surface area contributed by atoms with Gasteiger partial charge in [0, 0.05) is 5.69 Å². The molecule has 62 valence electrons. The molecule has 0 saturated carbocycles. The number of hydrogen-bond donors (Lipinski definition) is 2. The lowest BCUT2D eigenvalue weighted by Crippen LogP contribution is -1.87. The second-order valence-corrected chi connectivity index (χ2v) is 1.90. The Bertz CT molecular complexity index is 199. The standard InChI is InChI=1S/C7H9NO.C2H6/c8-7-3-1-2-6(4-7)5-9;1-2/h1-4,9H,5,8H2;1-2H3. The molecule has 0 unspecified atom stereocenters. The first kappa shape index (κ1) is 9.98. The van der Waals surface area contributed by atoms with Crippen molar-refractivity contribution in [3.63, 3.8) is 0 Å². The number of anilines is 1. The van der Waals surface area contributed by atoms with E-state index in [0.717, 1.165) is 5.56 Å². The lowest BCUT2D eigenvalue weighted by molar-refractivity contribution is 0.282. The van der Waals surface area contributed by atoms with Gasteiger partial charge in [-0.3, -0.25) is 0 Å². The summed E-state index contributed by atoms with van der Waals surface area (Å²) in [7, 11) is 0. The normalized spacial score (nSPS) is 8.27. The molecule has 0 saturated heterocycles. The second kappa shape index (κ2) is 5.74. The van der Waals surface area contributed by atoms with Crippen molar-refractivity contribution >= 4 is 5.69 Å². The SMILES string of the molecule is CC.Nc1cccc(CO)c1. The average molecular weight is 153 g/mol. The summed E-state index contributed by atoms with van der Waals surface area (Å²) >= 11 is 0. The molecule has 0 aromatic heterocycles. The van der Waals surface area contributed by atoms with Crippen LogP contribution in [-0.2, 0) is 6.61 Å². The first-order valence-corrected chi connectivity index (χ1v) is 3.78. The van der Waals surface area contributed by atoms with E-state index in [4.69, 9.17) is 10.8 Å². The highest BCUT2D eigenvalue weighted by molar-refractivity contribution is 5.40. The third kappa shape index (κ3) is 3.63. The van der Waals surface area contributed by atoms with Crippen molar-refractivity contribution in [3.8, 4) is 0 Å². The quantitative estimate of drug-likeness (QED) is 0.604. The predicted octanol–water partition coefficient (Wildman–Crippen LogP) is 1.79. The summed E-state index contributed by atoms with van der Waals surface area (Å²) in [5.74, 6) is 0. The predicted molar refractivity (Wildman–Crippen MR) is 48.1 cm³/mol. The molecule has 1 aromatic carbocycles. The molecular weight excluding hydrogens is 138 g/mol. The Kier molecular flexibility index (Phi) is 5.21. The first-order valence-electron chi connectivity index (χ1n) is 3.78. The maximum absolute atomic E-state index is 8.61. The van der Waals surface area contributed by atoms with Gasteiger partial charge >= 0.3 is 0 Å². The number of hydrogen-bond acceptors (Lipinski definition) is 2. The molecule has 0 spiro atoms. The second-order valence-electron chi connectivity index (χ2n) is 1.90. The van der Waals surface area contributed by atoms with Gasteiger partial charge in [0.25, 0.3) is 0 Å². The van der Waals surface area contributed by atoms with E-state index in [0.29, 0.717) is 5.69 Å². The third-order valence-corrected chi connectivity index (χ3v) is 1.13. The van der Waals surface area contributed by atoms with Gasteiger partial charge in [-0.2, -0.15) is 0 Å². The number of nitrogens with two attached hydrogens (primary N) is 1. The Balaban J connectivity index is 0.000000461. The number of aliphatic hydroxyl groups is 1. The van der Waals surface area contributed by atoms with Crippen molar-refractivity contribution in [3.05, 3.63) is 29.8 Å². The van der Waals surface area contributed by atoms with E-state index in [2.05, 4.69) is 0 Å². The van der Waals surface area contributed by atoms with Crippen LogP contribution in [0.3, 0.4) is 0 Å². The first-order chi connectivity index (χ1) is 5.33. The van der Waals surface area contributed by atoms with Gasteiger partial charge < -0.3 is 10.8 Å². The molecule has 0 radical (unpaired) electrons. The monoisotopic (exact) mass is 153 g/mol. The summed E-state index contributed by atoms with van der Waals surface area (Å²) in [6.45, 7) is 4.06. The van der Waals surface area contributed by atoms with Gasteiger partial charge in [0.2, 0.25) is 0 Å². The van der Waals surface area contributed by atoms with Crippen LogP contribution in [0.1, 0.15) is 19.4 Å². The lowest BCUT2D eigenvalue weighted by Gasteiger charge is -1.94. The van der Waals surface area contributed by atoms with Gasteiger partial charge in [0.15, 0.2) is 0 Å². The lowest BCUT2D eigenvalue weighted by atomic mass is 10.2. The summed E-state index contributed by atoms with van der Waals surface area (Å²) < 4.78 is 0. The Morgan fingerprint density at radius 2 is 2.00 bits per heavy atom. The summed E-state index contributed by atoms with van der Waals surface area (Å²) in [5, 5.41) is 8.61. The molecule has 0 amide bonds. The minimum atomic E-state index is 0.0606. The fourth-order valence-electron chi connectivity index (χ4n) is 0.691. The molecular formula is C9H15NO. The van der Waals surface area contributed by atoms with Crippen LogP contribution in [0.4, 0.5) is 5.69 Å². The Labute approximate surface area is 67.7 Å². The van der Waals surface area contributed by atoms with Crippen LogP contribution >= 0.6 is 0 Å². The van der Waals surface area contributed by atoms with Crippen molar-refractivity contribution < 1.29 is 5.11 Å². The Morgan fingerprint density at radius 3 is 2.36 bits per heavy atom. The maximum Gasteiger partial charge on any atom is 0.0682 e. The van der Waals surface area contributed by atoms with Crippen LogP contribution < -0.4 is 5.73 Å². The number of aliphatic hydroxyl groups excluding tert-OH is 1. The molecule has 0 bridgehead atoms. The molecule has 1 aromatic rings. The van der Waals surface area contributed by atoms with E-state index >= 15 is 0 Å². The van der Waals surface area contributed by atoms with Crippen molar-refractivity contribution in [2.24, 2.45) is 0 Å². The molecule has 2 heteroatoms. The summed E-state index contributed by atoms with van der Waals surface area (Å²) in [6, 6.07) is 7.19. The molecule has 11 heavy (non-hydrogen) atoms. The zero-order chi connectivity index (χ0) is 8.69. The molecule has 0 fully saturated rings. The Morgan fingerprint density at radius 1 is 1.36 bits per heavy atom. The number of benzene rings is 1. The van der Waals surface area contributed by atoms with Gasteiger partial charge in [-0.15, -0.1) is 0 Å². The van der Waals surface area contributed by atoms with Crippen LogP contribution in [0.5, 0.6) is 0 Å². The zero-order valence-corrected chi connectivity index (χ0v) is 7.04. The molecule has 3 N–H and O–H groups in total. The zero-order valence-electron chi connectivity index (χ0n) is 7.04. The van der Waals surface area contributed by atoms with Gasteiger partial charge in [-0.25, -0.2) is 0 Å². The van der Waals surface area contributed by atoms with E-state index in [1.807, 2.05) is 26.0 Å². The minimum Gasteiger partial charge on any atom is -0.399 e. The van der Waals surface area contributed by atoms with Crippen molar-refractivity contribution in [2.45, 2.75) is 20.5 Å². The van der Waals surface area contributed by atoms with Gasteiger partial charge in [0.1, 0.15) is 0 Å². The van der Waals surface area contributed by atoms with Crippen LogP contribution in [-0.4, -0.2) is 5.11 Å². The molecule has 0 aliphatic rings. The van der Waals surface area contributed by atoms with Gasteiger partial charge in [-0.1, -0.05) is 26.0 Å². The smallest absolute Gasteiger partial charge is 0.0682 e. The van der Waals surface area contributed by atoms with Crippen LogP contribution in [0.25, 0.3) is 0 Å². The number of nitrogen functional groups attached to an aromatic ring is 1.